The molecule has 1 fully saturated rings. The lowest BCUT2D eigenvalue weighted by Gasteiger charge is -2.25. The summed E-state index contributed by atoms with van der Waals surface area (Å²) in [6.07, 6.45) is 0.359. The fraction of sp³-hybridized carbons (Fsp3) is 0.588. The molecule has 1 aromatic rings. The van der Waals surface area contributed by atoms with Crippen LogP contribution in [0, 0.1) is 0 Å². The summed E-state index contributed by atoms with van der Waals surface area (Å²) in [6.45, 7) is 1.55. The summed E-state index contributed by atoms with van der Waals surface area (Å²) in [6, 6.07) is 1.65. The Morgan fingerprint density at radius 1 is 1.50 bits per heavy atom. The van der Waals surface area contributed by atoms with Crippen LogP contribution in [0.25, 0.3) is 0 Å². The summed E-state index contributed by atoms with van der Waals surface area (Å²) in [4.78, 5) is 29.4. The molecule has 0 bridgehead atoms. The van der Waals surface area contributed by atoms with Gasteiger partial charge in [-0.3, -0.25) is 4.79 Å². The highest BCUT2D eigenvalue weighted by atomic mass is 16.7. The van der Waals surface area contributed by atoms with Crippen molar-refractivity contribution in [3.8, 4) is 0 Å². The van der Waals surface area contributed by atoms with Crippen LogP contribution in [-0.2, 0) is 27.2 Å². The fourth-order valence-corrected chi connectivity index (χ4v) is 3.50. The van der Waals surface area contributed by atoms with Crippen LogP contribution in [-0.4, -0.2) is 60.3 Å². The van der Waals surface area contributed by atoms with Gasteiger partial charge in [0.05, 0.1) is 6.04 Å². The first-order valence-electron chi connectivity index (χ1n) is 8.61. The zero-order valence-corrected chi connectivity index (χ0v) is 14.9. The number of rotatable bonds is 6. The zero-order valence-electron chi connectivity index (χ0n) is 14.9. The van der Waals surface area contributed by atoms with Crippen molar-refractivity contribution in [2.45, 2.75) is 38.1 Å². The number of carbonyl (C=O) groups excluding carboxylic acids is 1. The number of nitrogens with one attached hydrogen (secondary N) is 2. The summed E-state index contributed by atoms with van der Waals surface area (Å²) in [5.41, 5.74) is 2.59. The number of methoxy groups -OCH3 is 2. The van der Waals surface area contributed by atoms with Crippen LogP contribution in [0.5, 0.6) is 0 Å². The highest BCUT2D eigenvalue weighted by Crippen LogP contribution is 2.29. The van der Waals surface area contributed by atoms with E-state index >= 15 is 0 Å². The van der Waals surface area contributed by atoms with Gasteiger partial charge >= 0.3 is 6.09 Å². The maximum absolute atomic E-state index is 12.3. The number of carboxylic acid groups (broad SMARTS) is 1. The van der Waals surface area contributed by atoms with Crippen LogP contribution in [0.4, 0.5) is 10.6 Å². The molecule has 9 nitrogen and oxygen atoms in total. The predicted octanol–water partition coefficient (Wildman–Crippen LogP) is 1.10. The Morgan fingerprint density at radius 3 is 2.96 bits per heavy atom. The van der Waals surface area contributed by atoms with Crippen molar-refractivity contribution in [1.29, 1.82) is 0 Å². The van der Waals surface area contributed by atoms with Gasteiger partial charge in [0.25, 0.3) is 0 Å². The van der Waals surface area contributed by atoms with Gasteiger partial charge in [-0.05, 0) is 30.0 Å². The van der Waals surface area contributed by atoms with Crippen molar-refractivity contribution in [3.63, 3.8) is 0 Å². The van der Waals surface area contributed by atoms with E-state index in [1.807, 2.05) is 6.07 Å². The molecule has 2 aliphatic heterocycles. The first-order chi connectivity index (χ1) is 12.5. The third-order valence-electron chi connectivity index (χ3n) is 4.68. The molecule has 1 saturated heterocycles. The molecule has 0 aliphatic carbocycles. The number of hydrogen-bond donors (Lipinski definition) is 3. The Kier molecular flexibility index (Phi) is 5.58. The summed E-state index contributed by atoms with van der Waals surface area (Å²) in [7, 11) is 3.08. The van der Waals surface area contributed by atoms with E-state index in [4.69, 9.17) is 14.6 Å². The molecular formula is C17H24N4O5. The number of anilines is 1. The lowest BCUT2D eigenvalue weighted by atomic mass is 10.0. The number of amides is 2. The molecule has 1 unspecified atom stereocenters. The molecular weight excluding hydrogens is 340 g/mol. The monoisotopic (exact) mass is 364 g/mol. The second-order valence-corrected chi connectivity index (χ2v) is 6.50. The lowest BCUT2D eigenvalue weighted by Crippen LogP contribution is -2.36. The topological polar surface area (TPSA) is 113 Å². The van der Waals surface area contributed by atoms with Gasteiger partial charge in [0, 0.05) is 40.3 Å². The number of aryl methyl sites for hydroxylation is 1. The first-order valence-corrected chi connectivity index (χ1v) is 8.61. The van der Waals surface area contributed by atoms with E-state index in [1.165, 1.54) is 0 Å². The average Bonchev–Trinajstić information content (AvgIpc) is 2.94. The second kappa shape index (κ2) is 7.88. The van der Waals surface area contributed by atoms with Crippen molar-refractivity contribution in [2.75, 3.05) is 32.6 Å². The van der Waals surface area contributed by atoms with Crippen molar-refractivity contribution in [2.24, 2.45) is 0 Å². The van der Waals surface area contributed by atoms with Gasteiger partial charge in [-0.25, -0.2) is 9.78 Å². The van der Waals surface area contributed by atoms with Crippen LogP contribution < -0.4 is 10.6 Å². The summed E-state index contributed by atoms with van der Waals surface area (Å²) in [5.74, 6) is 0.740. The molecule has 0 spiro atoms. The fourth-order valence-electron chi connectivity index (χ4n) is 3.50. The molecule has 1 atom stereocenters. The second-order valence-electron chi connectivity index (χ2n) is 6.50. The average molecular weight is 364 g/mol. The summed E-state index contributed by atoms with van der Waals surface area (Å²) in [5, 5.41) is 14.5. The molecule has 1 aromatic heterocycles. The van der Waals surface area contributed by atoms with Crippen molar-refractivity contribution in [1.82, 2.24) is 15.2 Å². The largest absolute Gasteiger partial charge is 0.465 e. The summed E-state index contributed by atoms with van der Waals surface area (Å²) >= 11 is 0. The minimum absolute atomic E-state index is 0.0862. The SMILES string of the molecule is COC(OC)c1nc2c(cc1CN1CC(NC(=O)O)CC1=O)CCCN2. The number of aromatic nitrogens is 1. The maximum Gasteiger partial charge on any atom is 0.404 e. The Labute approximate surface area is 151 Å². The van der Waals surface area contributed by atoms with E-state index in [9.17, 15) is 9.59 Å². The highest BCUT2D eigenvalue weighted by Gasteiger charge is 2.32. The van der Waals surface area contributed by atoms with E-state index in [2.05, 4.69) is 15.6 Å². The molecule has 3 heterocycles. The molecule has 2 aliphatic rings. The Morgan fingerprint density at radius 2 is 2.27 bits per heavy atom. The predicted molar refractivity (Wildman–Crippen MR) is 92.8 cm³/mol. The molecule has 0 radical (unpaired) electrons. The number of carbonyl (C=O) groups is 2. The van der Waals surface area contributed by atoms with Crippen molar-refractivity contribution in [3.05, 3.63) is 22.9 Å². The Bertz CT molecular complexity index is 692. The van der Waals surface area contributed by atoms with Gasteiger partial charge in [0.15, 0.2) is 0 Å². The third-order valence-corrected chi connectivity index (χ3v) is 4.68. The first kappa shape index (κ1) is 18.4. The lowest BCUT2D eigenvalue weighted by molar-refractivity contribution is -0.128. The molecule has 3 rings (SSSR count). The van der Waals surface area contributed by atoms with Crippen LogP contribution >= 0.6 is 0 Å². The van der Waals surface area contributed by atoms with E-state index in [0.717, 1.165) is 36.3 Å². The van der Waals surface area contributed by atoms with Gasteiger partial charge in [0.1, 0.15) is 11.5 Å². The minimum Gasteiger partial charge on any atom is -0.465 e. The normalized spacial score (nSPS) is 19.4. The number of ether oxygens (including phenoxy) is 2. The maximum atomic E-state index is 12.3. The molecule has 142 valence electrons. The molecule has 26 heavy (non-hydrogen) atoms. The highest BCUT2D eigenvalue weighted by molar-refractivity contribution is 5.80. The molecule has 2 amide bonds. The number of hydrogen-bond acceptors (Lipinski definition) is 6. The van der Waals surface area contributed by atoms with Crippen LogP contribution in [0.3, 0.4) is 0 Å². The third kappa shape index (κ3) is 3.88. The van der Waals surface area contributed by atoms with Gasteiger partial charge in [-0.2, -0.15) is 0 Å². The van der Waals surface area contributed by atoms with Gasteiger partial charge in [0.2, 0.25) is 12.2 Å². The number of pyridine rings is 1. The number of likely N-dealkylation sites (tertiary alicyclic amines) is 1. The Balaban J connectivity index is 1.86. The number of fused-ring (bicyclic) bond motifs is 1. The van der Waals surface area contributed by atoms with Crippen LogP contribution in [0.15, 0.2) is 6.07 Å². The van der Waals surface area contributed by atoms with E-state index in [0.29, 0.717) is 18.8 Å². The standard InChI is InChI=1S/C17H24N4O5/c1-25-16(26-2)14-11(6-10-4-3-5-18-15(10)20-14)8-21-9-12(7-13(21)22)19-17(23)24/h6,12,16,19H,3-5,7-9H2,1-2H3,(H,18,20)(H,23,24). The summed E-state index contributed by atoms with van der Waals surface area (Å²) < 4.78 is 10.8. The zero-order chi connectivity index (χ0) is 18.7. The van der Waals surface area contributed by atoms with E-state index in [1.54, 1.807) is 19.1 Å². The van der Waals surface area contributed by atoms with E-state index in [-0.39, 0.29) is 12.3 Å². The van der Waals surface area contributed by atoms with Crippen molar-refractivity contribution < 1.29 is 24.2 Å². The molecule has 3 N–H and O–H groups in total. The minimum atomic E-state index is -1.12. The van der Waals surface area contributed by atoms with Gasteiger partial charge in [-0.1, -0.05) is 0 Å². The van der Waals surface area contributed by atoms with Gasteiger partial charge in [-0.15, -0.1) is 0 Å². The van der Waals surface area contributed by atoms with Crippen molar-refractivity contribution >= 4 is 17.8 Å². The smallest absolute Gasteiger partial charge is 0.404 e. The van der Waals surface area contributed by atoms with Gasteiger partial charge < -0.3 is 30.1 Å². The quantitative estimate of drug-likeness (QED) is 0.648. The molecule has 0 saturated carbocycles. The molecule has 9 heteroatoms. The Hall–Kier alpha value is -2.39. The van der Waals surface area contributed by atoms with Crippen LogP contribution in [0.1, 0.15) is 36.0 Å². The van der Waals surface area contributed by atoms with Crippen LogP contribution in [0.2, 0.25) is 0 Å². The molecule has 0 aromatic carbocycles. The number of nitrogens with zero attached hydrogens (tertiary/aromatic N) is 2. The van der Waals surface area contributed by atoms with E-state index < -0.39 is 18.4 Å².